The Labute approximate surface area is 122 Å². The summed E-state index contributed by atoms with van der Waals surface area (Å²) in [5.41, 5.74) is 1.32. The molecule has 2 N–H and O–H groups in total. The number of carbonyl (C=O) groups excluding carboxylic acids is 1. The standard InChI is InChI=1S/C16H18FN3O/c1-10(2)13-9-14(20-19-13)18-15(21)16(7-8-16)11-3-5-12(17)6-4-11/h3-6,9-10H,7-8H2,1-2H3,(H2,18,19,20,21). The lowest BCUT2D eigenvalue weighted by Crippen LogP contribution is -2.28. The zero-order valence-electron chi connectivity index (χ0n) is 12.1. The highest BCUT2D eigenvalue weighted by Gasteiger charge is 2.51. The summed E-state index contributed by atoms with van der Waals surface area (Å²) in [6.07, 6.45) is 1.57. The molecule has 1 aliphatic rings. The zero-order chi connectivity index (χ0) is 15.0. The van der Waals surface area contributed by atoms with Crippen LogP contribution in [0.3, 0.4) is 0 Å². The van der Waals surface area contributed by atoms with Gasteiger partial charge in [0.05, 0.1) is 5.41 Å². The quantitative estimate of drug-likeness (QED) is 0.906. The molecule has 0 radical (unpaired) electrons. The average Bonchev–Trinajstić information content (AvgIpc) is 3.13. The Hall–Kier alpha value is -2.17. The third kappa shape index (κ3) is 2.55. The van der Waals surface area contributed by atoms with Crippen molar-refractivity contribution in [2.24, 2.45) is 0 Å². The van der Waals surface area contributed by atoms with Crippen molar-refractivity contribution in [1.29, 1.82) is 0 Å². The van der Waals surface area contributed by atoms with E-state index in [1.807, 2.05) is 6.07 Å². The molecule has 0 saturated heterocycles. The number of nitrogens with zero attached hydrogens (tertiary/aromatic N) is 1. The molecule has 3 rings (SSSR count). The first kappa shape index (κ1) is 13.8. The number of amides is 1. The number of H-pyrrole nitrogens is 1. The Morgan fingerprint density at radius 3 is 2.52 bits per heavy atom. The first-order valence-corrected chi connectivity index (χ1v) is 7.14. The molecule has 0 spiro atoms. The summed E-state index contributed by atoms with van der Waals surface area (Å²) in [6, 6.07) is 8.02. The number of hydrogen-bond acceptors (Lipinski definition) is 2. The van der Waals surface area contributed by atoms with Crippen molar-refractivity contribution >= 4 is 11.7 Å². The highest BCUT2D eigenvalue weighted by molar-refractivity contribution is 6.00. The maximum atomic E-state index is 13.0. The van der Waals surface area contributed by atoms with Gasteiger partial charge in [0.2, 0.25) is 5.91 Å². The summed E-state index contributed by atoms with van der Waals surface area (Å²) in [7, 11) is 0. The highest BCUT2D eigenvalue weighted by Crippen LogP contribution is 2.49. The van der Waals surface area contributed by atoms with E-state index >= 15 is 0 Å². The largest absolute Gasteiger partial charge is 0.308 e. The fraction of sp³-hybridized carbons (Fsp3) is 0.375. The molecule has 1 aliphatic carbocycles. The zero-order valence-corrected chi connectivity index (χ0v) is 12.1. The topological polar surface area (TPSA) is 57.8 Å². The smallest absolute Gasteiger partial charge is 0.236 e. The van der Waals surface area contributed by atoms with Crippen molar-refractivity contribution in [2.75, 3.05) is 5.32 Å². The number of aromatic amines is 1. The van der Waals surface area contributed by atoms with Crippen LogP contribution >= 0.6 is 0 Å². The van der Waals surface area contributed by atoms with Crippen molar-refractivity contribution in [3.63, 3.8) is 0 Å². The SMILES string of the molecule is CC(C)c1cc(NC(=O)C2(c3ccc(F)cc3)CC2)n[nH]1. The monoisotopic (exact) mass is 287 g/mol. The molecular weight excluding hydrogens is 269 g/mol. The minimum absolute atomic E-state index is 0.0732. The van der Waals surface area contributed by atoms with Gasteiger partial charge in [-0.1, -0.05) is 26.0 Å². The molecule has 1 aromatic heterocycles. The van der Waals surface area contributed by atoms with Gasteiger partial charge in [0.15, 0.2) is 5.82 Å². The van der Waals surface area contributed by atoms with Crippen molar-refractivity contribution in [2.45, 2.75) is 38.0 Å². The number of hydrogen-bond donors (Lipinski definition) is 2. The number of benzene rings is 1. The molecule has 5 heteroatoms. The highest BCUT2D eigenvalue weighted by atomic mass is 19.1. The second-order valence-electron chi connectivity index (χ2n) is 5.91. The van der Waals surface area contributed by atoms with Crippen LogP contribution in [0.15, 0.2) is 30.3 Å². The van der Waals surface area contributed by atoms with Gasteiger partial charge in [-0.3, -0.25) is 9.89 Å². The van der Waals surface area contributed by atoms with Crippen molar-refractivity contribution in [3.8, 4) is 0 Å². The predicted octanol–water partition coefficient (Wildman–Crippen LogP) is 3.34. The van der Waals surface area contributed by atoms with Crippen LogP contribution in [0.25, 0.3) is 0 Å². The number of aromatic nitrogens is 2. The third-order valence-electron chi connectivity index (χ3n) is 4.04. The fourth-order valence-electron chi connectivity index (χ4n) is 2.47. The van der Waals surface area contributed by atoms with Crippen LogP contribution in [0, 0.1) is 5.82 Å². The molecule has 4 nitrogen and oxygen atoms in total. The minimum atomic E-state index is -0.523. The molecule has 1 heterocycles. The third-order valence-corrected chi connectivity index (χ3v) is 4.04. The summed E-state index contributed by atoms with van der Waals surface area (Å²) in [5.74, 6) is 0.506. The Morgan fingerprint density at radius 1 is 1.33 bits per heavy atom. The Bertz CT molecular complexity index is 656. The molecule has 110 valence electrons. The van der Waals surface area contributed by atoms with Crippen molar-refractivity contribution < 1.29 is 9.18 Å². The van der Waals surface area contributed by atoms with E-state index in [0.717, 1.165) is 24.1 Å². The van der Waals surface area contributed by atoms with Gasteiger partial charge in [-0.05, 0) is 36.5 Å². The predicted molar refractivity (Wildman–Crippen MR) is 78.6 cm³/mol. The molecule has 0 atom stereocenters. The van der Waals surface area contributed by atoms with Crippen LogP contribution in [0.4, 0.5) is 10.2 Å². The van der Waals surface area contributed by atoms with E-state index in [1.165, 1.54) is 12.1 Å². The lowest BCUT2D eigenvalue weighted by Gasteiger charge is -2.14. The summed E-state index contributed by atoms with van der Waals surface area (Å²) in [5, 5.41) is 9.88. The van der Waals surface area contributed by atoms with Gasteiger partial charge < -0.3 is 5.32 Å². The van der Waals surface area contributed by atoms with Gasteiger partial charge in [-0.25, -0.2) is 4.39 Å². The van der Waals surface area contributed by atoms with E-state index in [4.69, 9.17) is 0 Å². The molecule has 21 heavy (non-hydrogen) atoms. The molecule has 0 aliphatic heterocycles. The van der Waals surface area contributed by atoms with Crippen LogP contribution in [0.2, 0.25) is 0 Å². The van der Waals surface area contributed by atoms with Crippen LogP contribution in [0.1, 0.15) is 43.9 Å². The summed E-state index contributed by atoms with van der Waals surface area (Å²) < 4.78 is 13.0. The molecule has 1 fully saturated rings. The Kier molecular flexibility index (Phi) is 3.27. The lowest BCUT2D eigenvalue weighted by molar-refractivity contribution is -0.118. The van der Waals surface area contributed by atoms with Crippen LogP contribution < -0.4 is 5.32 Å². The normalized spacial score (nSPS) is 16.0. The van der Waals surface area contributed by atoms with Gasteiger partial charge in [0.1, 0.15) is 5.82 Å². The van der Waals surface area contributed by atoms with Gasteiger partial charge in [-0.15, -0.1) is 0 Å². The van der Waals surface area contributed by atoms with Gasteiger partial charge in [0, 0.05) is 11.8 Å². The van der Waals surface area contributed by atoms with Crippen LogP contribution in [0.5, 0.6) is 0 Å². The van der Waals surface area contributed by atoms with E-state index in [9.17, 15) is 9.18 Å². The van der Waals surface area contributed by atoms with Gasteiger partial charge in [0.25, 0.3) is 0 Å². The van der Waals surface area contributed by atoms with Gasteiger partial charge >= 0.3 is 0 Å². The first-order valence-electron chi connectivity index (χ1n) is 7.14. The Balaban J connectivity index is 1.76. The fourth-order valence-corrected chi connectivity index (χ4v) is 2.47. The molecule has 2 aromatic rings. The molecular formula is C16H18FN3O. The summed E-state index contributed by atoms with van der Waals surface area (Å²) in [6.45, 7) is 4.11. The first-order chi connectivity index (χ1) is 10.0. The van der Waals surface area contributed by atoms with E-state index in [1.54, 1.807) is 12.1 Å². The maximum absolute atomic E-state index is 13.0. The molecule has 1 aromatic carbocycles. The van der Waals surface area contributed by atoms with Crippen molar-refractivity contribution in [3.05, 3.63) is 47.4 Å². The summed E-state index contributed by atoms with van der Waals surface area (Å²) in [4.78, 5) is 12.5. The minimum Gasteiger partial charge on any atom is -0.308 e. The second-order valence-corrected chi connectivity index (χ2v) is 5.91. The number of halogens is 1. The van der Waals surface area contributed by atoms with E-state index in [-0.39, 0.29) is 11.7 Å². The molecule has 1 saturated carbocycles. The Morgan fingerprint density at radius 2 is 2.00 bits per heavy atom. The number of rotatable bonds is 4. The van der Waals surface area contributed by atoms with E-state index in [0.29, 0.717) is 11.7 Å². The number of carbonyl (C=O) groups is 1. The molecule has 0 bridgehead atoms. The van der Waals surface area contributed by atoms with Crippen molar-refractivity contribution in [1.82, 2.24) is 10.2 Å². The lowest BCUT2D eigenvalue weighted by atomic mass is 9.95. The molecule has 0 unspecified atom stereocenters. The number of anilines is 1. The van der Waals surface area contributed by atoms with Crippen LogP contribution in [-0.2, 0) is 10.2 Å². The summed E-state index contributed by atoms with van der Waals surface area (Å²) >= 11 is 0. The second kappa shape index (κ2) is 4.98. The number of nitrogens with one attached hydrogen (secondary N) is 2. The van der Waals surface area contributed by atoms with Gasteiger partial charge in [-0.2, -0.15) is 5.10 Å². The van der Waals surface area contributed by atoms with Crippen LogP contribution in [-0.4, -0.2) is 16.1 Å². The molecule has 1 amide bonds. The maximum Gasteiger partial charge on any atom is 0.236 e. The van der Waals surface area contributed by atoms with E-state index in [2.05, 4.69) is 29.4 Å². The average molecular weight is 287 g/mol. The van der Waals surface area contributed by atoms with E-state index < -0.39 is 5.41 Å².